The Bertz CT molecular complexity index is 479. The summed E-state index contributed by atoms with van der Waals surface area (Å²) >= 11 is 9.43. The van der Waals surface area contributed by atoms with Crippen molar-refractivity contribution >= 4 is 39.3 Å². The monoisotopic (exact) mass is 361 g/mol. The van der Waals surface area contributed by atoms with Gasteiger partial charge in [0, 0.05) is 29.8 Å². The van der Waals surface area contributed by atoms with Gasteiger partial charge >= 0.3 is 6.09 Å². The van der Waals surface area contributed by atoms with E-state index >= 15 is 0 Å². The number of nitrogens with zero attached hydrogens (tertiary/aromatic N) is 2. The number of amides is 1. The number of hydrogen-bond donors (Lipinski definition) is 1. The van der Waals surface area contributed by atoms with Gasteiger partial charge in [-0.25, -0.2) is 9.78 Å². The first-order valence-corrected chi connectivity index (χ1v) is 7.76. The highest BCUT2D eigenvalue weighted by atomic mass is 79.9. The van der Waals surface area contributed by atoms with Crippen LogP contribution < -0.4 is 5.32 Å². The summed E-state index contributed by atoms with van der Waals surface area (Å²) in [5.74, 6) is 0. The number of rotatable bonds is 3. The van der Waals surface area contributed by atoms with Crippen molar-refractivity contribution in [3.05, 3.63) is 21.9 Å². The second-order valence-electron chi connectivity index (χ2n) is 4.60. The third-order valence-electron chi connectivity index (χ3n) is 3.19. The molecule has 1 saturated heterocycles. The van der Waals surface area contributed by atoms with E-state index in [1.165, 1.54) is 0 Å². The Balaban J connectivity index is 1.88. The van der Waals surface area contributed by atoms with E-state index in [1.54, 1.807) is 11.1 Å². The summed E-state index contributed by atoms with van der Waals surface area (Å²) in [6, 6.07) is 2.20. The Labute approximate surface area is 131 Å². The van der Waals surface area contributed by atoms with Gasteiger partial charge in [-0.3, -0.25) is 0 Å². The van der Waals surface area contributed by atoms with Crippen LogP contribution in [-0.2, 0) is 4.74 Å². The zero-order valence-corrected chi connectivity index (χ0v) is 13.6. The number of halogens is 2. The first kappa shape index (κ1) is 15.4. The molecule has 5 nitrogen and oxygen atoms in total. The number of carbonyl (C=O) groups excluding carboxylic acids is 1. The number of anilines is 1. The fraction of sp³-hybridized carbons (Fsp3) is 0.538. The molecule has 110 valence electrons. The summed E-state index contributed by atoms with van der Waals surface area (Å²) in [5, 5.41) is 3.84. The van der Waals surface area contributed by atoms with Crippen LogP contribution in [0.25, 0.3) is 0 Å². The molecule has 0 bridgehead atoms. The van der Waals surface area contributed by atoms with E-state index in [0.717, 1.165) is 23.0 Å². The molecular weight excluding hydrogens is 346 g/mol. The summed E-state index contributed by atoms with van der Waals surface area (Å²) in [6.45, 7) is 3.61. The summed E-state index contributed by atoms with van der Waals surface area (Å²) < 4.78 is 5.88. The molecule has 0 unspecified atom stereocenters. The fourth-order valence-electron chi connectivity index (χ4n) is 2.16. The van der Waals surface area contributed by atoms with Crippen LogP contribution in [0.5, 0.6) is 0 Å². The molecule has 0 spiro atoms. The van der Waals surface area contributed by atoms with Gasteiger partial charge in [0.05, 0.1) is 12.3 Å². The molecule has 0 atom stereocenters. The molecule has 1 fully saturated rings. The smallest absolute Gasteiger partial charge is 0.409 e. The van der Waals surface area contributed by atoms with Crippen LogP contribution in [-0.4, -0.2) is 41.7 Å². The molecule has 1 aromatic heterocycles. The summed E-state index contributed by atoms with van der Waals surface area (Å²) in [7, 11) is 0. The van der Waals surface area contributed by atoms with Gasteiger partial charge in [0.1, 0.15) is 0 Å². The van der Waals surface area contributed by atoms with E-state index in [9.17, 15) is 4.79 Å². The van der Waals surface area contributed by atoms with Gasteiger partial charge in [-0.15, -0.1) is 0 Å². The lowest BCUT2D eigenvalue weighted by atomic mass is 10.1. The molecule has 0 radical (unpaired) electrons. The summed E-state index contributed by atoms with van der Waals surface area (Å²) in [5.41, 5.74) is 0.815. The average Bonchev–Trinajstić information content (AvgIpc) is 2.44. The van der Waals surface area contributed by atoms with Gasteiger partial charge in [0.15, 0.2) is 5.15 Å². The predicted molar refractivity (Wildman–Crippen MR) is 82.2 cm³/mol. The molecular formula is C13H17BrClN3O2. The minimum absolute atomic E-state index is 0.229. The van der Waals surface area contributed by atoms with Crippen LogP contribution in [0.15, 0.2) is 16.7 Å². The van der Waals surface area contributed by atoms with Crippen molar-refractivity contribution < 1.29 is 9.53 Å². The number of pyridine rings is 1. The van der Waals surface area contributed by atoms with Crippen molar-refractivity contribution in [2.24, 2.45) is 0 Å². The Morgan fingerprint density at radius 3 is 2.95 bits per heavy atom. The summed E-state index contributed by atoms with van der Waals surface area (Å²) in [6.07, 6.45) is 3.16. The number of aromatic nitrogens is 1. The van der Waals surface area contributed by atoms with E-state index in [4.69, 9.17) is 16.3 Å². The van der Waals surface area contributed by atoms with E-state index in [-0.39, 0.29) is 12.1 Å². The molecule has 0 aliphatic carbocycles. The number of carbonyl (C=O) groups is 1. The standard InChI is InChI=1S/C13H17BrClN3O2/c1-2-20-13(19)18-5-3-10(4-6-18)17-11-7-9(14)8-16-12(11)15/h7-8,10,17H,2-6H2,1H3. The zero-order chi connectivity index (χ0) is 14.5. The maximum absolute atomic E-state index is 11.6. The molecule has 1 amide bonds. The van der Waals surface area contributed by atoms with Gasteiger partial charge in [-0.2, -0.15) is 0 Å². The molecule has 20 heavy (non-hydrogen) atoms. The van der Waals surface area contributed by atoms with Crippen molar-refractivity contribution in [2.75, 3.05) is 25.0 Å². The van der Waals surface area contributed by atoms with Crippen molar-refractivity contribution in [1.29, 1.82) is 0 Å². The van der Waals surface area contributed by atoms with E-state index < -0.39 is 0 Å². The van der Waals surface area contributed by atoms with Crippen LogP contribution >= 0.6 is 27.5 Å². The summed E-state index contributed by atoms with van der Waals surface area (Å²) in [4.78, 5) is 17.4. The van der Waals surface area contributed by atoms with Gasteiger partial charge in [-0.1, -0.05) is 11.6 Å². The third-order valence-corrected chi connectivity index (χ3v) is 3.92. The van der Waals surface area contributed by atoms with Gasteiger partial charge < -0.3 is 15.0 Å². The number of piperidine rings is 1. The number of likely N-dealkylation sites (tertiary alicyclic amines) is 1. The maximum atomic E-state index is 11.6. The van der Waals surface area contributed by atoms with Gasteiger partial charge in [-0.05, 0) is 41.8 Å². The number of ether oxygens (including phenoxy) is 1. The van der Waals surface area contributed by atoms with Crippen molar-refractivity contribution in [3.63, 3.8) is 0 Å². The number of hydrogen-bond acceptors (Lipinski definition) is 4. The molecule has 1 aliphatic rings. The number of nitrogens with one attached hydrogen (secondary N) is 1. The lowest BCUT2D eigenvalue weighted by molar-refractivity contribution is 0.0983. The van der Waals surface area contributed by atoms with E-state index in [1.807, 2.05) is 13.0 Å². The van der Waals surface area contributed by atoms with Crippen LogP contribution in [0.3, 0.4) is 0 Å². The van der Waals surface area contributed by atoms with E-state index in [0.29, 0.717) is 24.8 Å². The van der Waals surface area contributed by atoms with Crippen LogP contribution in [0.2, 0.25) is 5.15 Å². The normalized spacial score (nSPS) is 16.1. The molecule has 0 saturated carbocycles. The topological polar surface area (TPSA) is 54.5 Å². The van der Waals surface area contributed by atoms with Crippen molar-refractivity contribution in [2.45, 2.75) is 25.8 Å². The first-order valence-electron chi connectivity index (χ1n) is 6.59. The Hall–Kier alpha value is -1.01. The van der Waals surface area contributed by atoms with Crippen LogP contribution in [0, 0.1) is 0 Å². The van der Waals surface area contributed by atoms with Crippen molar-refractivity contribution in [3.8, 4) is 0 Å². The largest absolute Gasteiger partial charge is 0.450 e. The second kappa shape index (κ2) is 7.13. The quantitative estimate of drug-likeness (QED) is 0.836. The zero-order valence-electron chi connectivity index (χ0n) is 11.2. The Morgan fingerprint density at radius 1 is 1.60 bits per heavy atom. The lowest BCUT2D eigenvalue weighted by Crippen LogP contribution is -2.42. The fourth-order valence-corrected chi connectivity index (χ4v) is 2.65. The molecule has 7 heteroatoms. The Kier molecular flexibility index (Phi) is 5.48. The average molecular weight is 363 g/mol. The highest BCUT2D eigenvalue weighted by molar-refractivity contribution is 9.10. The minimum Gasteiger partial charge on any atom is -0.450 e. The Morgan fingerprint density at radius 2 is 2.30 bits per heavy atom. The molecule has 2 heterocycles. The maximum Gasteiger partial charge on any atom is 0.409 e. The second-order valence-corrected chi connectivity index (χ2v) is 5.87. The predicted octanol–water partition coefficient (Wildman–Crippen LogP) is 3.53. The van der Waals surface area contributed by atoms with Gasteiger partial charge in [0.25, 0.3) is 0 Å². The highest BCUT2D eigenvalue weighted by Crippen LogP contribution is 2.25. The molecule has 1 aliphatic heterocycles. The van der Waals surface area contributed by atoms with Crippen LogP contribution in [0.4, 0.5) is 10.5 Å². The minimum atomic E-state index is -0.229. The van der Waals surface area contributed by atoms with Crippen LogP contribution in [0.1, 0.15) is 19.8 Å². The van der Waals surface area contributed by atoms with E-state index in [2.05, 4.69) is 26.2 Å². The van der Waals surface area contributed by atoms with Gasteiger partial charge in [0.2, 0.25) is 0 Å². The van der Waals surface area contributed by atoms with Crippen molar-refractivity contribution in [1.82, 2.24) is 9.88 Å². The first-order chi connectivity index (χ1) is 9.60. The third kappa shape index (κ3) is 3.99. The SMILES string of the molecule is CCOC(=O)N1CCC(Nc2cc(Br)cnc2Cl)CC1. The molecule has 1 aromatic rings. The molecule has 1 N–H and O–H groups in total. The lowest BCUT2D eigenvalue weighted by Gasteiger charge is -2.32. The molecule has 0 aromatic carbocycles. The molecule has 2 rings (SSSR count). The highest BCUT2D eigenvalue weighted by Gasteiger charge is 2.23.